The van der Waals surface area contributed by atoms with Gasteiger partial charge in [0.25, 0.3) is 0 Å². The minimum atomic E-state index is -2.72. The number of thiophene rings is 1. The van der Waals surface area contributed by atoms with Gasteiger partial charge in [0.1, 0.15) is 14.5 Å². The van der Waals surface area contributed by atoms with Gasteiger partial charge in [0.15, 0.2) is 0 Å². The summed E-state index contributed by atoms with van der Waals surface area (Å²) >= 11 is 16.9. The summed E-state index contributed by atoms with van der Waals surface area (Å²) in [5.74, 6) is 6.48. The number of anilines is 2. The highest BCUT2D eigenvalue weighted by atomic mass is 79.9. The van der Waals surface area contributed by atoms with Gasteiger partial charge >= 0.3 is 0 Å². The first-order valence-electron chi connectivity index (χ1n) is 11.1. The Hall–Kier alpha value is -1.10. The molecule has 1 unspecified atom stereocenters. The Morgan fingerprint density at radius 2 is 1.76 bits per heavy atom. The standard InChI is InChI=1S/C23H28BrCl2N5OS2/c1-31(2)22-16-6-4-5-7-17(16)29-23(30-22)27-12-14-8-10-15(11-9-14)13-28-34(3,32)19-18(24)20(25)33-21(19)26/h4-7,14-15H,3,8-13H2,1-2H3,(H,28,32)(H,27,29,30). The van der Waals surface area contributed by atoms with Gasteiger partial charge in [-0.2, -0.15) is 4.98 Å². The van der Waals surface area contributed by atoms with Crippen molar-refractivity contribution in [1.82, 2.24) is 14.7 Å². The molecule has 0 radical (unpaired) electrons. The molecule has 2 aromatic heterocycles. The van der Waals surface area contributed by atoms with Crippen molar-refractivity contribution in [2.24, 2.45) is 11.8 Å². The molecule has 1 saturated carbocycles. The molecule has 1 aliphatic carbocycles. The van der Waals surface area contributed by atoms with Crippen molar-refractivity contribution in [2.45, 2.75) is 30.6 Å². The van der Waals surface area contributed by atoms with E-state index in [1.54, 1.807) is 0 Å². The molecular formula is C23H28BrCl2N5OS2. The van der Waals surface area contributed by atoms with Gasteiger partial charge in [-0.05, 0) is 71.5 Å². The van der Waals surface area contributed by atoms with Crippen molar-refractivity contribution in [3.8, 4) is 0 Å². The number of hydrogen-bond acceptors (Lipinski definition) is 6. The average molecular weight is 605 g/mol. The lowest BCUT2D eigenvalue weighted by Gasteiger charge is -2.29. The van der Waals surface area contributed by atoms with E-state index in [0.717, 1.165) is 48.9 Å². The van der Waals surface area contributed by atoms with Crippen LogP contribution < -0.4 is 14.9 Å². The summed E-state index contributed by atoms with van der Waals surface area (Å²) < 4.78 is 17.8. The largest absolute Gasteiger partial charge is 0.362 e. The lowest BCUT2D eigenvalue weighted by molar-refractivity contribution is 0.285. The number of fused-ring (bicyclic) bond motifs is 1. The lowest BCUT2D eigenvalue weighted by Crippen LogP contribution is -2.32. The molecule has 1 aromatic carbocycles. The van der Waals surface area contributed by atoms with Crippen molar-refractivity contribution in [1.29, 1.82) is 0 Å². The minimum Gasteiger partial charge on any atom is -0.362 e. The van der Waals surface area contributed by atoms with Crippen LogP contribution in [0, 0.1) is 11.8 Å². The van der Waals surface area contributed by atoms with Gasteiger partial charge in [0.05, 0.1) is 24.6 Å². The predicted molar refractivity (Wildman–Crippen MR) is 151 cm³/mol. The Morgan fingerprint density at radius 1 is 1.12 bits per heavy atom. The summed E-state index contributed by atoms with van der Waals surface area (Å²) in [5, 5.41) is 4.50. The van der Waals surface area contributed by atoms with E-state index < -0.39 is 9.71 Å². The molecule has 2 heterocycles. The lowest BCUT2D eigenvalue weighted by atomic mass is 9.82. The highest BCUT2D eigenvalue weighted by Gasteiger charge is 2.25. The Kier molecular flexibility index (Phi) is 8.32. The maximum absolute atomic E-state index is 13.2. The fourth-order valence-electron chi connectivity index (χ4n) is 4.30. The third-order valence-electron chi connectivity index (χ3n) is 6.19. The minimum absolute atomic E-state index is 0.410. The maximum atomic E-state index is 13.2. The number of aromatic nitrogens is 2. The van der Waals surface area contributed by atoms with Crippen LogP contribution in [0.1, 0.15) is 25.7 Å². The van der Waals surface area contributed by atoms with E-state index >= 15 is 0 Å². The summed E-state index contributed by atoms with van der Waals surface area (Å²) in [6.07, 6.45) is 4.33. The van der Waals surface area contributed by atoms with Crippen LogP contribution in [-0.4, -0.2) is 47.2 Å². The van der Waals surface area contributed by atoms with Gasteiger partial charge in [-0.1, -0.05) is 35.3 Å². The van der Waals surface area contributed by atoms with Crippen LogP contribution in [0.3, 0.4) is 0 Å². The molecule has 1 aliphatic rings. The Balaban J connectivity index is 1.30. The molecule has 1 fully saturated rings. The Bertz CT molecular complexity index is 1270. The second-order valence-electron chi connectivity index (χ2n) is 8.87. The molecule has 0 bridgehead atoms. The topological polar surface area (TPSA) is 70.2 Å². The molecule has 0 amide bonds. The third kappa shape index (κ3) is 5.82. The normalized spacial score (nSPS) is 20.3. The van der Waals surface area contributed by atoms with Crippen LogP contribution in [0.4, 0.5) is 11.8 Å². The highest BCUT2D eigenvalue weighted by molar-refractivity contribution is 9.10. The smallest absolute Gasteiger partial charge is 0.225 e. The Morgan fingerprint density at radius 3 is 2.38 bits per heavy atom. The molecule has 0 spiro atoms. The number of nitrogens with one attached hydrogen (secondary N) is 2. The number of benzene rings is 1. The molecule has 34 heavy (non-hydrogen) atoms. The van der Waals surface area contributed by atoms with Crippen LogP contribution in [0.25, 0.3) is 10.9 Å². The SMILES string of the molecule is C=S(=O)(NCC1CCC(CNc2nc(N(C)C)c3ccccc3n2)CC1)c1c(Cl)sc(Cl)c1Br. The second-order valence-corrected chi connectivity index (χ2v) is 13.9. The van der Waals surface area contributed by atoms with Crippen molar-refractivity contribution in [3.63, 3.8) is 0 Å². The number of nitrogens with zero attached hydrogens (tertiary/aromatic N) is 3. The molecule has 2 N–H and O–H groups in total. The van der Waals surface area contributed by atoms with E-state index in [0.29, 0.717) is 42.4 Å². The first-order chi connectivity index (χ1) is 16.2. The van der Waals surface area contributed by atoms with Gasteiger partial charge in [-0.3, -0.25) is 0 Å². The number of halogens is 3. The fourth-order valence-corrected chi connectivity index (χ4v) is 9.41. The average Bonchev–Trinajstić information content (AvgIpc) is 3.08. The monoisotopic (exact) mass is 603 g/mol. The number of rotatable bonds is 8. The molecule has 3 aromatic rings. The molecule has 6 nitrogen and oxygen atoms in total. The van der Waals surface area contributed by atoms with Crippen molar-refractivity contribution >= 4 is 88.7 Å². The molecule has 0 aliphatic heterocycles. The molecule has 11 heteroatoms. The second kappa shape index (κ2) is 10.9. The van der Waals surface area contributed by atoms with Crippen LogP contribution in [0.2, 0.25) is 8.67 Å². The Labute approximate surface area is 223 Å². The van der Waals surface area contributed by atoms with Crippen molar-refractivity contribution in [2.75, 3.05) is 37.4 Å². The van der Waals surface area contributed by atoms with Crippen LogP contribution in [0.5, 0.6) is 0 Å². The van der Waals surface area contributed by atoms with E-state index in [1.807, 2.05) is 43.3 Å². The van der Waals surface area contributed by atoms with Crippen LogP contribution in [0.15, 0.2) is 33.6 Å². The van der Waals surface area contributed by atoms with Gasteiger partial charge in [-0.25, -0.2) is 13.9 Å². The zero-order valence-electron chi connectivity index (χ0n) is 19.1. The number of para-hydroxylation sites is 1. The summed E-state index contributed by atoms with van der Waals surface area (Å²) in [4.78, 5) is 11.9. The fraction of sp³-hybridized carbons (Fsp3) is 0.435. The zero-order chi connectivity index (χ0) is 24.5. The first-order valence-corrected chi connectivity index (χ1v) is 15.2. The molecule has 0 saturated heterocycles. The number of hydrogen-bond donors (Lipinski definition) is 2. The maximum Gasteiger partial charge on any atom is 0.225 e. The van der Waals surface area contributed by atoms with E-state index in [2.05, 4.69) is 31.8 Å². The van der Waals surface area contributed by atoms with Gasteiger partial charge in [0, 0.05) is 32.6 Å². The quantitative estimate of drug-likeness (QED) is 0.294. The first kappa shape index (κ1) is 26.0. The molecule has 4 rings (SSSR count). The van der Waals surface area contributed by atoms with Crippen LogP contribution in [-0.2, 0) is 9.71 Å². The van der Waals surface area contributed by atoms with Crippen molar-refractivity contribution < 1.29 is 4.21 Å². The third-order valence-corrected chi connectivity index (χ3v) is 11.3. The van der Waals surface area contributed by atoms with Gasteiger partial charge < -0.3 is 10.2 Å². The van der Waals surface area contributed by atoms with Gasteiger partial charge in [0.2, 0.25) is 5.95 Å². The van der Waals surface area contributed by atoms with E-state index in [1.165, 1.54) is 11.3 Å². The summed E-state index contributed by atoms with van der Waals surface area (Å²) in [6, 6.07) is 8.07. The summed E-state index contributed by atoms with van der Waals surface area (Å²) in [7, 11) is 1.27. The predicted octanol–water partition coefficient (Wildman–Crippen LogP) is 6.33. The van der Waals surface area contributed by atoms with E-state index in [9.17, 15) is 4.21 Å². The van der Waals surface area contributed by atoms with Crippen molar-refractivity contribution in [3.05, 3.63) is 37.4 Å². The van der Waals surface area contributed by atoms with E-state index in [-0.39, 0.29) is 0 Å². The van der Waals surface area contributed by atoms with E-state index in [4.69, 9.17) is 33.2 Å². The summed E-state index contributed by atoms with van der Waals surface area (Å²) in [6.45, 7) is 1.48. The molecular weight excluding hydrogens is 577 g/mol. The van der Waals surface area contributed by atoms with Crippen LogP contribution >= 0.6 is 50.5 Å². The molecule has 1 atom stereocenters. The molecule has 184 valence electrons. The highest BCUT2D eigenvalue weighted by Crippen LogP contribution is 2.43. The summed E-state index contributed by atoms with van der Waals surface area (Å²) in [5.41, 5.74) is 0.939. The zero-order valence-corrected chi connectivity index (χ0v) is 23.8. The van der Waals surface area contributed by atoms with Gasteiger partial charge in [-0.15, -0.1) is 11.3 Å².